The van der Waals surface area contributed by atoms with E-state index in [1.165, 1.54) is 0 Å². The van der Waals surface area contributed by atoms with Gasteiger partial charge in [0.15, 0.2) is 0 Å². The van der Waals surface area contributed by atoms with Crippen molar-refractivity contribution in [2.75, 3.05) is 0 Å². The minimum absolute atomic E-state index is 0.131. The summed E-state index contributed by atoms with van der Waals surface area (Å²) in [5.74, 6) is 0.131. The Hall–Kier alpha value is -0.730. The second-order valence-electron chi connectivity index (χ2n) is 3.30. The van der Waals surface area contributed by atoms with Crippen LogP contribution in [-0.2, 0) is 6.42 Å². The number of nitrogens with two attached hydrogens (primary N) is 1. The Morgan fingerprint density at radius 1 is 1.54 bits per heavy atom. The highest BCUT2D eigenvalue weighted by Crippen LogP contribution is 2.24. The summed E-state index contributed by atoms with van der Waals surface area (Å²) >= 11 is 5.75. The van der Waals surface area contributed by atoms with E-state index in [9.17, 15) is 0 Å². The van der Waals surface area contributed by atoms with Crippen molar-refractivity contribution in [1.82, 2.24) is 0 Å². The third-order valence-electron chi connectivity index (χ3n) is 1.90. The summed E-state index contributed by atoms with van der Waals surface area (Å²) in [4.78, 5) is 0. The Kier molecular flexibility index (Phi) is 3.58. The van der Waals surface area contributed by atoms with Crippen LogP contribution in [0.1, 0.15) is 18.9 Å². The fourth-order valence-electron chi connectivity index (χ4n) is 1.10. The Morgan fingerprint density at radius 2 is 2.23 bits per heavy atom. The molecule has 72 valence electrons. The van der Waals surface area contributed by atoms with E-state index in [0.29, 0.717) is 5.02 Å². The number of aromatic hydroxyl groups is 1. The van der Waals surface area contributed by atoms with Gasteiger partial charge >= 0.3 is 0 Å². The number of phenolic OH excluding ortho intramolecular Hbond substituents is 1. The lowest BCUT2D eigenvalue weighted by Gasteiger charge is -2.05. The van der Waals surface area contributed by atoms with Gasteiger partial charge in [0.1, 0.15) is 5.75 Å². The molecule has 0 radical (unpaired) electrons. The molecule has 0 heterocycles. The van der Waals surface area contributed by atoms with Gasteiger partial charge in [0.05, 0.1) is 5.02 Å². The van der Waals surface area contributed by atoms with E-state index in [-0.39, 0.29) is 11.8 Å². The molecule has 0 aliphatic carbocycles. The van der Waals surface area contributed by atoms with Gasteiger partial charge in [-0.05, 0) is 37.5 Å². The highest BCUT2D eigenvalue weighted by atomic mass is 35.5. The third-order valence-corrected chi connectivity index (χ3v) is 2.20. The SMILES string of the molecule is C[C@@H](N)CCc1ccc(O)c(Cl)c1. The molecule has 0 bridgehead atoms. The smallest absolute Gasteiger partial charge is 0.134 e. The van der Waals surface area contributed by atoms with Gasteiger partial charge in [0.2, 0.25) is 0 Å². The number of aryl methyl sites for hydroxylation is 1. The van der Waals surface area contributed by atoms with E-state index in [0.717, 1.165) is 18.4 Å². The van der Waals surface area contributed by atoms with Crippen LogP contribution in [0.4, 0.5) is 0 Å². The molecule has 0 spiro atoms. The van der Waals surface area contributed by atoms with Crippen LogP contribution in [0, 0.1) is 0 Å². The fraction of sp³-hybridized carbons (Fsp3) is 0.400. The predicted octanol–water partition coefficient (Wildman–Crippen LogP) is 2.33. The van der Waals surface area contributed by atoms with Crippen molar-refractivity contribution in [3.63, 3.8) is 0 Å². The first kappa shape index (κ1) is 10.4. The van der Waals surface area contributed by atoms with Crippen molar-refractivity contribution < 1.29 is 5.11 Å². The van der Waals surface area contributed by atoms with Gasteiger partial charge in [0.25, 0.3) is 0 Å². The molecule has 1 aromatic carbocycles. The lowest BCUT2D eigenvalue weighted by Crippen LogP contribution is -2.15. The van der Waals surface area contributed by atoms with Gasteiger partial charge in [0, 0.05) is 6.04 Å². The van der Waals surface area contributed by atoms with E-state index in [1.807, 2.05) is 13.0 Å². The molecule has 2 nitrogen and oxygen atoms in total. The van der Waals surface area contributed by atoms with Crippen LogP contribution in [0.25, 0.3) is 0 Å². The second-order valence-corrected chi connectivity index (χ2v) is 3.71. The molecule has 0 saturated carbocycles. The summed E-state index contributed by atoms with van der Waals surface area (Å²) in [5, 5.41) is 9.57. The molecule has 3 N–H and O–H groups in total. The summed E-state index contributed by atoms with van der Waals surface area (Å²) in [6.45, 7) is 1.97. The van der Waals surface area contributed by atoms with Crippen LogP contribution in [0.3, 0.4) is 0 Å². The van der Waals surface area contributed by atoms with Crippen LogP contribution in [0.5, 0.6) is 5.75 Å². The first-order valence-corrected chi connectivity index (χ1v) is 4.70. The number of hydrogen-bond acceptors (Lipinski definition) is 2. The molecule has 0 aromatic heterocycles. The molecule has 0 unspecified atom stereocenters. The predicted molar refractivity (Wildman–Crippen MR) is 55.1 cm³/mol. The molecular weight excluding hydrogens is 186 g/mol. The van der Waals surface area contributed by atoms with Crippen LogP contribution >= 0.6 is 11.6 Å². The highest BCUT2D eigenvalue weighted by molar-refractivity contribution is 6.32. The van der Waals surface area contributed by atoms with Crippen LogP contribution < -0.4 is 5.73 Å². The van der Waals surface area contributed by atoms with E-state index in [2.05, 4.69) is 0 Å². The lowest BCUT2D eigenvalue weighted by atomic mass is 10.1. The zero-order valence-electron chi connectivity index (χ0n) is 7.63. The lowest BCUT2D eigenvalue weighted by molar-refractivity contribution is 0.475. The summed E-state index contributed by atoms with van der Waals surface area (Å²) < 4.78 is 0. The normalized spacial score (nSPS) is 12.8. The maximum Gasteiger partial charge on any atom is 0.134 e. The van der Waals surface area contributed by atoms with Gasteiger partial charge in [-0.25, -0.2) is 0 Å². The number of hydrogen-bond donors (Lipinski definition) is 2. The average molecular weight is 200 g/mol. The largest absolute Gasteiger partial charge is 0.506 e. The van der Waals surface area contributed by atoms with Gasteiger partial charge in [-0.3, -0.25) is 0 Å². The summed E-state index contributed by atoms with van der Waals surface area (Å²) in [7, 11) is 0. The quantitative estimate of drug-likeness (QED) is 0.785. The zero-order chi connectivity index (χ0) is 9.84. The van der Waals surface area contributed by atoms with Gasteiger partial charge in [-0.1, -0.05) is 17.7 Å². The summed E-state index contributed by atoms with van der Waals surface area (Å²) in [6, 6.07) is 5.45. The van der Waals surface area contributed by atoms with Crippen LogP contribution in [-0.4, -0.2) is 11.1 Å². The minimum atomic E-state index is 0.131. The Labute approximate surface area is 83.3 Å². The molecule has 1 rings (SSSR count). The number of phenols is 1. The molecular formula is C10H14ClNO. The van der Waals surface area contributed by atoms with Crippen LogP contribution in [0.15, 0.2) is 18.2 Å². The monoisotopic (exact) mass is 199 g/mol. The molecule has 0 saturated heterocycles. The van der Waals surface area contributed by atoms with Crippen molar-refractivity contribution in [3.05, 3.63) is 28.8 Å². The fourth-order valence-corrected chi connectivity index (χ4v) is 1.30. The molecule has 1 atom stereocenters. The van der Waals surface area contributed by atoms with E-state index in [1.54, 1.807) is 12.1 Å². The summed E-state index contributed by atoms with van der Waals surface area (Å²) in [5.41, 5.74) is 6.74. The molecule has 3 heteroatoms. The van der Waals surface area contributed by atoms with Gasteiger partial charge in [-0.15, -0.1) is 0 Å². The van der Waals surface area contributed by atoms with E-state index in [4.69, 9.17) is 22.4 Å². The van der Waals surface area contributed by atoms with E-state index >= 15 is 0 Å². The molecule has 13 heavy (non-hydrogen) atoms. The Bertz CT molecular complexity index is 286. The van der Waals surface area contributed by atoms with Crippen molar-refractivity contribution in [1.29, 1.82) is 0 Å². The van der Waals surface area contributed by atoms with Crippen molar-refractivity contribution >= 4 is 11.6 Å². The van der Waals surface area contributed by atoms with Crippen LogP contribution in [0.2, 0.25) is 5.02 Å². The molecule has 0 amide bonds. The standard InChI is InChI=1S/C10H14ClNO/c1-7(12)2-3-8-4-5-10(13)9(11)6-8/h4-7,13H,2-3,12H2,1H3/t7-/m1/s1. The number of rotatable bonds is 3. The van der Waals surface area contributed by atoms with E-state index < -0.39 is 0 Å². The van der Waals surface area contributed by atoms with Gasteiger partial charge < -0.3 is 10.8 Å². The average Bonchev–Trinajstić information content (AvgIpc) is 2.07. The Morgan fingerprint density at radius 3 is 2.77 bits per heavy atom. The van der Waals surface area contributed by atoms with Crippen molar-refractivity contribution in [3.8, 4) is 5.75 Å². The maximum absolute atomic E-state index is 9.16. The minimum Gasteiger partial charge on any atom is -0.506 e. The molecule has 0 fully saturated rings. The maximum atomic E-state index is 9.16. The molecule has 1 aromatic rings. The second kappa shape index (κ2) is 4.49. The number of benzene rings is 1. The third kappa shape index (κ3) is 3.25. The zero-order valence-corrected chi connectivity index (χ0v) is 8.38. The summed E-state index contributed by atoms with van der Waals surface area (Å²) in [6.07, 6.45) is 1.83. The first-order chi connectivity index (χ1) is 6.09. The first-order valence-electron chi connectivity index (χ1n) is 4.32. The molecule has 0 aliphatic rings. The Balaban J connectivity index is 2.63. The van der Waals surface area contributed by atoms with Gasteiger partial charge in [-0.2, -0.15) is 0 Å². The van der Waals surface area contributed by atoms with Crippen molar-refractivity contribution in [2.24, 2.45) is 5.73 Å². The highest BCUT2D eigenvalue weighted by Gasteiger charge is 2.01. The topological polar surface area (TPSA) is 46.2 Å². The number of halogens is 1. The molecule has 0 aliphatic heterocycles. The van der Waals surface area contributed by atoms with Crippen molar-refractivity contribution in [2.45, 2.75) is 25.8 Å².